The van der Waals surface area contributed by atoms with Gasteiger partial charge in [-0.05, 0) is 55.3 Å². The first kappa shape index (κ1) is 27.2. The SMILES string of the molecule is CCOC(=O)C1=C(C)N=c2s/c(=C3/C(=O)N(Cc4ccc(Cl)cc4)c4ccccc43)c(=O)n2[C@@H]1c1ccc(Cl)cc1. The molecule has 3 aromatic carbocycles. The van der Waals surface area contributed by atoms with E-state index < -0.39 is 17.6 Å². The lowest BCUT2D eigenvalue weighted by molar-refractivity contribution is -0.139. The summed E-state index contributed by atoms with van der Waals surface area (Å²) in [5, 5.41) is 1.13. The first-order valence-corrected chi connectivity index (χ1v) is 14.5. The average molecular weight is 605 g/mol. The molecule has 1 aromatic heterocycles. The molecule has 0 bridgehead atoms. The van der Waals surface area contributed by atoms with Gasteiger partial charge in [-0.25, -0.2) is 9.79 Å². The van der Waals surface area contributed by atoms with Gasteiger partial charge in [-0.15, -0.1) is 0 Å². The molecule has 2 aliphatic heterocycles. The van der Waals surface area contributed by atoms with Crippen LogP contribution >= 0.6 is 34.5 Å². The number of fused-ring (bicyclic) bond motifs is 2. The van der Waals surface area contributed by atoms with Crippen LogP contribution in [-0.2, 0) is 20.9 Å². The summed E-state index contributed by atoms with van der Waals surface area (Å²) in [6.07, 6.45) is 0. The number of para-hydroxylation sites is 1. The highest BCUT2D eigenvalue weighted by Gasteiger charge is 2.37. The number of amides is 1. The van der Waals surface area contributed by atoms with Crippen LogP contribution in [0.5, 0.6) is 0 Å². The lowest BCUT2D eigenvalue weighted by Crippen LogP contribution is -2.41. The van der Waals surface area contributed by atoms with E-state index in [2.05, 4.69) is 4.99 Å². The number of benzene rings is 3. The van der Waals surface area contributed by atoms with Crippen LogP contribution in [0.1, 0.15) is 36.6 Å². The molecule has 206 valence electrons. The second kappa shape index (κ2) is 10.8. The molecule has 10 heteroatoms. The van der Waals surface area contributed by atoms with Crippen molar-refractivity contribution < 1.29 is 14.3 Å². The number of halogens is 2. The molecule has 0 aliphatic carbocycles. The van der Waals surface area contributed by atoms with E-state index in [9.17, 15) is 14.4 Å². The van der Waals surface area contributed by atoms with Gasteiger partial charge < -0.3 is 9.64 Å². The van der Waals surface area contributed by atoms with E-state index in [-0.39, 0.29) is 22.6 Å². The number of rotatable bonds is 5. The number of anilines is 1. The molecular formula is C31H23Cl2N3O4S. The standard InChI is InChI=1S/C31H23Cl2N3O4S/c1-3-40-30(39)24-17(2)34-31-36(26(24)19-10-14-21(33)15-11-19)29(38)27(41-31)25-22-6-4-5-7-23(22)35(28(25)37)16-18-8-12-20(32)13-9-18/h4-15,26H,3,16H2,1-2H3/b27-25+/t26-/m1/s1. The van der Waals surface area contributed by atoms with Gasteiger partial charge in [0.25, 0.3) is 11.5 Å². The van der Waals surface area contributed by atoms with Crippen LogP contribution < -0.4 is 19.8 Å². The molecule has 7 nitrogen and oxygen atoms in total. The van der Waals surface area contributed by atoms with Gasteiger partial charge in [-0.3, -0.25) is 14.2 Å². The zero-order chi connectivity index (χ0) is 28.8. The van der Waals surface area contributed by atoms with E-state index >= 15 is 0 Å². The zero-order valence-corrected chi connectivity index (χ0v) is 24.4. The third kappa shape index (κ3) is 4.72. The van der Waals surface area contributed by atoms with Crippen LogP contribution in [0.15, 0.2) is 93.9 Å². The van der Waals surface area contributed by atoms with Gasteiger partial charge in [0.15, 0.2) is 4.80 Å². The number of hydrogen-bond donors (Lipinski definition) is 0. The van der Waals surface area contributed by atoms with E-state index in [0.29, 0.717) is 49.5 Å². The molecule has 1 atom stereocenters. The minimum Gasteiger partial charge on any atom is -0.463 e. The van der Waals surface area contributed by atoms with Crippen molar-refractivity contribution in [3.05, 3.63) is 130 Å². The molecule has 1 amide bonds. The second-order valence-electron chi connectivity index (χ2n) is 9.58. The molecule has 0 N–H and O–H groups in total. The summed E-state index contributed by atoms with van der Waals surface area (Å²) < 4.78 is 7.10. The van der Waals surface area contributed by atoms with Gasteiger partial charge in [0.2, 0.25) is 0 Å². The molecule has 0 saturated carbocycles. The number of carbonyl (C=O) groups excluding carboxylic acids is 2. The minimum atomic E-state index is -0.797. The van der Waals surface area contributed by atoms with Crippen molar-refractivity contribution >= 4 is 57.7 Å². The predicted octanol–water partition coefficient (Wildman–Crippen LogP) is 5.02. The lowest BCUT2D eigenvalue weighted by Gasteiger charge is -2.24. The maximum Gasteiger partial charge on any atom is 0.338 e. The summed E-state index contributed by atoms with van der Waals surface area (Å²) in [5.74, 6) is -0.834. The lowest BCUT2D eigenvalue weighted by atomic mass is 9.96. The molecule has 0 spiro atoms. The van der Waals surface area contributed by atoms with Gasteiger partial charge in [-0.2, -0.15) is 0 Å². The summed E-state index contributed by atoms with van der Waals surface area (Å²) in [5.41, 5.74) is 3.57. The highest BCUT2D eigenvalue weighted by molar-refractivity contribution is 7.07. The summed E-state index contributed by atoms with van der Waals surface area (Å²) in [6, 6.07) is 20.9. The van der Waals surface area contributed by atoms with Gasteiger partial charge in [0.05, 0.1) is 41.7 Å². The number of allylic oxidation sites excluding steroid dienone is 1. The Hall–Kier alpha value is -3.98. The molecule has 0 unspecified atom stereocenters. The van der Waals surface area contributed by atoms with E-state index in [1.165, 1.54) is 4.57 Å². The summed E-state index contributed by atoms with van der Waals surface area (Å²) in [6.45, 7) is 3.93. The zero-order valence-electron chi connectivity index (χ0n) is 22.1. The number of hydrogen-bond acceptors (Lipinski definition) is 6. The third-order valence-corrected chi connectivity index (χ3v) is 8.64. The fraction of sp³-hybridized carbons (Fsp3) is 0.161. The molecule has 3 heterocycles. The minimum absolute atomic E-state index is 0.173. The largest absolute Gasteiger partial charge is 0.463 e. The van der Waals surface area contributed by atoms with Crippen molar-refractivity contribution in [1.82, 2.24) is 4.57 Å². The Kier molecular flexibility index (Phi) is 7.15. The average Bonchev–Trinajstić information content (AvgIpc) is 3.42. The molecule has 6 rings (SSSR count). The van der Waals surface area contributed by atoms with Gasteiger partial charge in [-0.1, -0.05) is 77.0 Å². The van der Waals surface area contributed by atoms with E-state index in [0.717, 1.165) is 16.9 Å². The number of carbonyl (C=O) groups is 2. The maximum absolute atomic E-state index is 14.2. The monoisotopic (exact) mass is 603 g/mol. The summed E-state index contributed by atoms with van der Waals surface area (Å²) >= 11 is 13.4. The Morgan fingerprint density at radius 1 is 0.976 bits per heavy atom. The van der Waals surface area contributed by atoms with Crippen LogP contribution in [0.25, 0.3) is 5.57 Å². The summed E-state index contributed by atoms with van der Waals surface area (Å²) in [7, 11) is 0. The van der Waals surface area contributed by atoms with Crippen LogP contribution in [0, 0.1) is 0 Å². The van der Waals surface area contributed by atoms with Crippen LogP contribution in [0.4, 0.5) is 5.69 Å². The third-order valence-electron chi connectivity index (χ3n) is 7.08. The maximum atomic E-state index is 14.2. The first-order chi connectivity index (χ1) is 19.8. The fourth-order valence-electron chi connectivity index (χ4n) is 5.23. The fourth-order valence-corrected chi connectivity index (χ4v) is 6.62. The highest BCUT2D eigenvalue weighted by Crippen LogP contribution is 2.37. The molecule has 2 aliphatic rings. The van der Waals surface area contributed by atoms with E-state index in [4.69, 9.17) is 27.9 Å². The number of nitrogens with zero attached hydrogens (tertiary/aromatic N) is 3. The molecule has 0 radical (unpaired) electrons. The number of esters is 1. The number of aromatic nitrogens is 1. The summed E-state index contributed by atoms with van der Waals surface area (Å²) in [4.78, 5) is 48.1. The van der Waals surface area contributed by atoms with Crippen LogP contribution in [0.3, 0.4) is 0 Å². The predicted molar refractivity (Wildman–Crippen MR) is 160 cm³/mol. The molecule has 0 saturated heterocycles. The quantitative estimate of drug-likeness (QED) is 0.300. The first-order valence-electron chi connectivity index (χ1n) is 12.9. The highest BCUT2D eigenvalue weighted by atomic mass is 35.5. The Balaban J connectivity index is 1.56. The number of thiazole rings is 1. The second-order valence-corrected chi connectivity index (χ2v) is 11.4. The van der Waals surface area contributed by atoms with Crippen molar-refractivity contribution in [3.63, 3.8) is 0 Å². The van der Waals surface area contributed by atoms with E-state index in [1.807, 2.05) is 36.4 Å². The van der Waals surface area contributed by atoms with Gasteiger partial charge in [0.1, 0.15) is 4.53 Å². The Labute approximate surface area is 249 Å². The van der Waals surface area contributed by atoms with Crippen molar-refractivity contribution in [3.8, 4) is 0 Å². The molecule has 4 aromatic rings. The Bertz CT molecular complexity index is 1930. The topological polar surface area (TPSA) is 81.0 Å². The van der Waals surface area contributed by atoms with Crippen LogP contribution in [0.2, 0.25) is 10.0 Å². The van der Waals surface area contributed by atoms with Crippen molar-refractivity contribution in [1.29, 1.82) is 0 Å². The van der Waals surface area contributed by atoms with Crippen molar-refractivity contribution in [2.45, 2.75) is 26.4 Å². The Morgan fingerprint density at radius 3 is 2.32 bits per heavy atom. The van der Waals surface area contributed by atoms with E-state index in [1.54, 1.807) is 55.1 Å². The normalized spacial score (nSPS) is 17.3. The molecule has 0 fully saturated rings. The Morgan fingerprint density at radius 2 is 1.63 bits per heavy atom. The molecular weight excluding hydrogens is 581 g/mol. The smallest absolute Gasteiger partial charge is 0.338 e. The van der Waals surface area contributed by atoms with Crippen molar-refractivity contribution in [2.75, 3.05) is 11.5 Å². The van der Waals surface area contributed by atoms with Crippen LogP contribution in [-0.4, -0.2) is 23.1 Å². The van der Waals surface area contributed by atoms with Gasteiger partial charge >= 0.3 is 5.97 Å². The van der Waals surface area contributed by atoms with Gasteiger partial charge in [0, 0.05) is 15.6 Å². The number of ether oxygens (including phenoxy) is 1. The molecule has 41 heavy (non-hydrogen) atoms. The van der Waals surface area contributed by atoms with Crippen molar-refractivity contribution in [2.24, 2.45) is 4.99 Å².